The van der Waals surface area contributed by atoms with Gasteiger partial charge in [-0.3, -0.25) is 0 Å². The summed E-state index contributed by atoms with van der Waals surface area (Å²) in [6.45, 7) is 3.00. The second-order valence-corrected chi connectivity index (χ2v) is 4.17. The number of halogens is 1. The lowest BCUT2D eigenvalue weighted by Crippen LogP contribution is -2.20. The second-order valence-electron chi connectivity index (χ2n) is 3.10. The van der Waals surface area contributed by atoms with Gasteiger partial charge in [0, 0.05) is 16.7 Å². The molecule has 1 aromatic carbocycles. The molecule has 3 heteroatoms. The molecule has 1 heterocycles. The first-order valence-corrected chi connectivity index (χ1v) is 5.45. The standard InChI is InChI=1S/C10H12FNS/c1-2-12-9-6-13-10-4-3-7(11)5-8(9)10/h3-5,9,12H,2,6H2,1H3. The molecule has 1 atom stereocenters. The molecule has 1 aliphatic rings. The maximum Gasteiger partial charge on any atom is 0.123 e. The molecule has 0 fully saturated rings. The van der Waals surface area contributed by atoms with Gasteiger partial charge in [-0.2, -0.15) is 0 Å². The van der Waals surface area contributed by atoms with Crippen LogP contribution in [0.3, 0.4) is 0 Å². The lowest BCUT2D eigenvalue weighted by atomic mass is 10.1. The van der Waals surface area contributed by atoms with Crippen molar-refractivity contribution in [3.8, 4) is 0 Å². The van der Waals surface area contributed by atoms with Gasteiger partial charge in [0.15, 0.2) is 0 Å². The van der Waals surface area contributed by atoms with Crippen LogP contribution >= 0.6 is 11.8 Å². The van der Waals surface area contributed by atoms with Crippen molar-refractivity contribution in [3.05, 3.63) is 29.6 Å². The molecule has 2 rings (SSSR count). The minimum atomic E-state index is -0.135. The number of hydrogen-bond acceptors (Lipinski definition) is 2. The van der Waals surface area contributed by atoms with Crippen molar-refractivity contribution < 1.29 is 4.39 Å². The van der Waals surface area contributed by atoms with Crippen LogP contribution in [0.15, 0.2) is 23.1 Å². The van der Waals surface area contributed by atoms with Gasteiger partial charge < -0.3 is 5.32 Å². The fourth-order valence-electron chi connectivity index (χ4n) is 1.60. The molecule has 0 radical (unpaired) electrons. The Morgan fingerprint density at radius 2 is 2.46 bits per heavy atom. The van der Waals surface area contributed by atoms with E-state index in [1.165, 1.54) is 11.0 Å². The topological polar surface area (TPSA) is 12.0 Å². The molecule has 70 valence electrons. The van der Waals surface area contributed by atoms with Gasteiger partial charge in [-0.25, -0.2) is 4.39 Å². The van der Waals surface area contributed by atoms with Gasteiger partial charge in [-0.05, 0) is 30.3 Å². The Hall–Kier alpha value is -0.540. The van der Waals surface area contributed by atoms with E-state index in [0.29, 0.717) is 6.04 Å². The summed E-state index contributed by atoms with van der Waals surface area (Å²) in [6, 6.07) is 5.37. The van der Waals surface area contributed by atoms with Crippen molar-refractivity contribution in [2.24, 2.45) is 0 Å². The largest absolute Gasteiger partial charge is 0.309 e. The average molecular weight is 197 g/mol. The van der Waals surface area contributed by atoms with E-state index in [1.54, 1.807) is 17.8 Å². The third-order valence-corrected chi connectivity index (χ3v) is 3.39. The summed E-state index contributed by atoms with van der Waals surface area (Å²) in [5.74, 6) is 0.885. The monoisotopic (exact) mass is 197 g/mol. The first-order valence-electron chi connectivity index (χ1n) is 4.47. The molecule has 1 nitrogen and oxygen atoms in total. The quantitative estimate of drug-likeness (QED) is 0.782. The number of rotatable bonds is 2. The fourth-order valence-corrected chi connectivity index (χ4v) is 2.78. The molecule has 0 bridgehead atoms. The van der Waals surface area contributed by atoms with E-state index in [-0.39, 0.29) is 5.82 Å². The van der Waals surface area contributed by atoms with Gasteiger partial charge >= 0.3 is 0 Å². The summed E-state index contributed by atoms with van der Waals surface area (Å²) in [5.41, 5.74) is 1.12. The zero-order valence-electron chi connectivity index (χ0n) is 7.51. The van der Waals surface area contributed by atoms with Gasteiger partial charge in [-0.15, -0.1) is 11.8 Å². The highest BCUT2D eigenvalue weighted by molar-refractivity contribution is 7.99. The van der Waals surface area contributed by atoms with Crippen LogP contribution in [0.1, 0.15) is 18.5 Å². The normalized spacial score (nSPS) is 20.3. The van der Waals surface area contributed by atoms with Crippen LogP contribution in [0, 0.1) is 5.82 Å². The Labute approximate surface area is 81.7 Å². The smallest absolute Gasteiger partial charge is 0.123 e. The molecule has 1 aliphatic heterocycles. The van der Waals surface area contributed by atoms with Gasteiger partial charge in [0.1, 0.15) is 5.82 Å². The molecule has 0 aliphatic carbocycles. The Balaban J connectivity index is 2.29. The van der Waals surface area contributed by atoms with Crippen molar-refractivity contribution >= 4 is 11.8 Å². The van der Waals surface area contributed by atoms with E-state index >= 15 is 0 Å². The predicted molar refractivity (Wildman–Crippen MR) is 53.5 cm³/mol. The maximum absolute atomic E-state index is 12.9. The van der Waals surface area contributed by atoms with Gasteiger partial charge in [0.05, 0.1) is 0 Å². The molecule has 0 saturated carbocycles. The van der Waals surface area contributed by atoms with Crippen molar-refractivity contribution in [1.29, 1.82) is 0 Å². The average Bonchev–Trinajstić information content (AvgIpc) is 2.49. The van der Waals surface area contributed by atoms with E-state index in [0.717, 1.165) is 17.9 Å². The minimum Gasteiger partial charge on any atom is -0.309 e. The third kappa shape index (κ3) is 1.71. The van der Waals surface area contributed by atoms with Gasteiger partial charge in [0.2, 0.25) is 0 Å². The highest BCUT2D eigenvalue weighted by Crippen LogP contribution is 2.38. The van der Waals surface area contributed by atoms with Gasteiger partial charge in [-0.1, -0.05) is 6.92 Å². The van der Waals surface area contributed by atoms with Crippen molar-refractivity contribution in [2.45, 2.75) is 17.9 Å². The zero-order chi connectivity index (χ0) is 9.26. The number of thioether (sulfide) groups is 1. The summed E-state index contributed by atoms with van der Waals surface area (Å²) in [4.78, 5) is 1.22. The summed E-state index contributed by atoms with van der Waals surface area (Å²) in [7, 11) is 0. The van der Waals surface area contributed by atoms with Gasteiger partial charge in [0.25, 0.3) is 0 Å². The molecule has 1 N–H and O–H groups in total. The second kappa shape index (κ2) is 3.68. The van der Waals surface area contributed by atoms with Crippen LogP contribution in [-0.4, -0.2) is 12.3 Å². The first kappa shape index (κ1) is 9.03. The molecule has 13 heavy (non-hydrogen) atoms. The van der Waals surface area contributed by atoms with Crippen molar-refractivity contribution in [3.63, 3.8) is 0 Å². The van der Waals surface area contributed by atoms with Crippen LogP contribution in [0.2, 0.25) is 0 Å². The predicted octanol–water partition coefficient (Wildman–Crippen LogP) is 2.58. The third-order valence-electron chi connectivity index (χ3n) is 2.20. The first-order chi connectivity index (χ1) is 6.31. The van der Waals surface area contributed by atoms with Crippen LogP contribution in [-0.2, 0) is 0 Å². The Morgan fingerprint density at radius 3 is 3.23 bits per heavy atom. The Bertz CT molecular complexity index is 312. The lowest BCUT2D eigenvalue weighted by molar-refractivity contribution is 0.588. The molecule has 0 saturated heterocycles. The van der Waals surface area contributed by atoms with E-state index in [4.69, 9.17) is 0 Å². The van der Waals surface area contributed by atoms with E-state index < -0.39 is 0 Å². The summed E-state index contributed by atoms with van der Waals surface area (Å²) < 4.78 is 12.9. The van der Waals surface area contributed by atoms with E-state index in [2.05, 4.69) is 12.2 Å². The molecule has 1 aromatic rings. The molecule has 0 spiro atoms. The zero-order valence-corrected chi connectivity index (χ0v) is 8.33. The van der Waals surface area contributed by atoms with Crippen LogP contribution in [0.5, 0.6) is 0 Å². The highest BCUT2D eigenvalue weighted by Gasteiger charge is 2.22. The molecule has 0 amide bonds. The maximum atomic E-state index is 12.9. The Morgan fingerprint density at radius 1 is 1.62 bits per heavy atom. The molecule has 0 aromatic heterocycles. The summed E-state index contributed by atoms with van der Waals surface area (Å²) in [6.07, 6.45) is 0. The molecular formula is C10H12FNS. The summed E-state index contributed by atoms with van der Waals surface area (Å²) in [5, 5.41) is 3.34. The number of benzene rings is 1. The fraction of sp³-hybridized carbons (Fsp3) is 0.400. The van der Waals surface area contributed by atoms with Crippen molar-refractivity contribution in [1.82, 2.24) is 5.32 Å². The van der Waals surface area contributed by atoms with E-state index in [1.807, 2.05) is 6.07 Å². The minimum absolute atomic E-state index is 0.135. The molecular weight excluding hydrogens is 185 g/mol. The summed E-state index contributed by atoms with van der Waals surface area (Å²) >= 11 is 1.80. The van der Waals surface area contributed by atoms with Crippen LogP contribution < -0.4 is 5.32 Å². The Kier molecular flexibility index (Phi) is 2.56. The SMILES string of the molecule is CCNC1CSc2ccc(F)cc21. The van der Waals surface area contributed by atoms with Crippen molar-refractivity contribution in [2.75, 3.05) is 12.3 Å². The van der Waals surface area contributed by atoms with Crippen LogP contribution in [0.25, 0.3) is 0 Å². The lowest BCUT2D eigenvalue weighted by Gasteiger charge is -2.10. The molecule has 1 unspecified atom stereocenters. The number of hydrogen-bond donors (Lipinski definition) is 1. The number of fused-ring (bicyclic) bond motifs is 1. The number of nitrogens with one attached hydrogen (secondary N) is 1. The highest BCUT2D eigenvalue weighted by atomic mass is 32.2. The van der Waals surface area contributed by atoms with Crippen LogP contribution in [0.4, 0.5) is 4.39 Å². The van der Waals surface area contributed by atoms with E-state index in [9.17, 15) is 4.39 Å².